The summed E-state index contributed by atoms with van der Waals surface area (Å²) in [7, 11) is 9.51. The number of thiazole rings is 1. The highest BCUT2D eigenvalue weighted by Gasteiger charge is 2.41. The smallest absolute Gasteiger partial charge is 0.324 e. The zero-order valence-corrected chi connectivity index (χ0v) is 43.3. The van der Waals surface area contributed by atoms with E-state index in [4.69, 9.17) is 19.4 Å². The highest BCUT2D eigenvalue weighted by molar-refractivity contribution is 7.10. The predicted molar refractivity (Wildman–Crippen MR) is 270 cm³/mol. The van der Waals surface area contributed by atoms with Crippen LogP contribution in [0.15, 0.2) is 35.8 Å². The molecule has 4 atom stereocenters. The number of esters is 1. The maximum atomic E-state index is 14.7. The van der Waals surface area contributed by atoms with Crippen LogP contribution in [0, 0.1) is 11.3 Å². The van der Waals surface area contributed by atoms with Gasteiger partial charge in [0.15, 0.2) is 0 Å². The average Bonchev–Trinajstić information content (AvgIpc) is 3.90. The molecule has 4 aromatic rings. The molecule has 8 rings (SSSR count). The van der Waals surface area contributed by atoms with E-state index in [-0.39, 0.29) is 43.0 Å². The Hall–Kier alpha value is -5.14. The highest BCUT2D eigenvalue weighted by atomic mass is 32.1. The number of hydrazine groups is 1. The monoisotopic (exact) mass is 968 g/mol. The largest absolute Gasteiger partial charge is 0.464 e. The standard InChI is InChI=1S/C51H73N11O6S/c1-12-61-42-16-15-33-22-36(42)38(46(61)37-23-34(26-52-44(37)32(4)67-11)59-20-18-57(9)19-21-59)25-51(5,6)30-68-49(65)39-14-13-17-62(55-39)48(64)40(24-43-53-41(33)29-69-43)54-47(63)45(31(2)3)58(10)50(66)60-27-35(28-60)56(7)8/h15-16,22-23,26,29,31-32,35,39-40,45,55H,12-14,17-21,24-25,27-28,30H2,1-11H3,(H,54,63)/t32-,39-,40-,45-/m0/s1. The maximum Gasteiger partial charge on any atom is 0.324 e. The number of rotatable bonds is 10. The van der Waals surface area contributed by atoms with Gasteiger partial charge >= 0.3 is 12.0 Å². The lowest BCUT2D eigenvalue weighted by molar-refractivity contribution is -0.155. The summed E-state index contributed by atoms with van der Waals surface area (Å²) in [6.07, 6.45) is 3.44. The number of methoxy groups -OCH3 is 1. The summed E-state index contributed by atoms with van der Waals surface area (Å²) in [5, 5.41) is 8.26. The first-order chi connectivity index (χ1) is 32.9. The summed E-state index contributed by atoms with van der Waals surface area (Å²) in [4.78, 5) is 77.2. The van der Waals surface area contributed by atoms with Gasteiger partial charge in [-0.3, -0.25) is 24.4 Å². The van der Waals surface area contributed by atoms with E-state index in [1.165, 1.54) is 21.2 Å². The first-order valence-corrected chi connectivity index (χ1v) is 25.5. The molecule has 69 heavy (non-hydrogen) atoms. The number of amides is 4. The first kappa shape index (κ1) is 50.3. The van der Waals surface area contributed by atoms with E-state index in [9.17, 15) is 19.2 Å². The van der Waals surface area contributed by atoms with Crippen LogP contribution in [0.25, 0.3) is 33.4 Å². The molecule has 0 aliphatic carbocycles. The summed E-state index contributed by atoms with van der Waals surface area (Å²) in [6.45, 7) is 18.3. The van der Waals surface area contributed by atoms with Crippen molar-refractivity contribution in [3.63, 3.8) is 0 Å². The lowest BCUT2D eigenvalue weighted by Gasteiger charge is -2.45. The minimum absolute atomic E-state index is 0.108. The van der Waals surface area contributed by atoms with Crippen molar-refractivity contribution < 1.29 is 28.7 Å². The molecule has 3 fully saturated rings. The fourth-order valence-corrected chi connectivity index (χ4v) is 11.2. The van der Waals surface area contributed by atoms with Gasteiger partial charge in [-0.05, 0) is 83.9 Å². The molecule has 4 amide bonds. The van der Waals surface area contributed by atoms with Gasteiger partial charge < -0.3 is 43.9 Å². The van der Waals surface area contributed by atoms with Crippen LogP contribution in [-0.4, -0.2) is 175 Å². The third kappa shape index (κ3) is 10.5. The van der Waals surface area contributed by atoms with Crippen LogP contribution in [0.5, 0.6) is 0 Å². The second-order valence-corrected chi connectivity index (χ2v) is 21.8. The Labute approximate surface area is 411 Å². The molecule has 4 aliphatic rings. The van der Waals surface area contributed by atoms with Gasteiger partial charge in [-0.2, -0.15) is 0 Å². The lowest BCUT2D eigenvalue weighted by atomic mass is 9.84. The molecule has 18 heteroatoms. The van der Waals surface area contributed by atoms with E-state index in [0.29, 0.717) is 50.4 Å². The minimum atomic E-state index is -1.04. The number of pyridine rings is 1. The lowest BCUT2D eigenvalue weighted by Crippen LogP contribution is -2.65. The Bertz CT molecular complexity index is 2530. The van der Waals surface area contributed by atoms with Gasteiger partial charge in [0.25, 0.3) is 5.91 Å². The number of carbonyl (C=O) groups excluding carboxylic acids is 4. The number of anilines is 1. The Morgan fingerprint density at radius 3 is 2.48 bits per heavy atom. The van der Waals surface area contributed by atoms with E-state index in [2.05, 4.69) is 82.1 Å². The Kier molecular flexibility index (Phi) is 15.1. The fraction of sp³-hybridized carbons (Fsp3) is 0.608. The van der Waals surface area contributed by atoms with E-state index < -0.39 is 35.4 Å². The number of nitrogens with one attached hydrogen (secondary N) is 2. The van der Waals surface area contributed by atoms with Gasteiger partial charge in [-0.1, -0.05) is 33.8 Å². The molecule has 0 saturated carbocycles. The quantitative estimate of drug-likeness (QED) is 0.199. The minimum Gasteiger partial charge on any atom is -0.464 e. The van der Waals surface area contributed by atoms with Crippen molar-refractivity contribution in [1.29, 1.82) is 0 Å². The van der Waals surface area contributed by atoms with Gasteiger partial charge in [0, 0.05) is 112 Å². The van der Waals surface area contributed by atoms with Gasteiger partial charge in [0.05, 0.1) is 46.7 Å². The summed E-state index contributed by atoms with van der Waals surface area (Å²) in [5.74, 6) is -1.51. The molecular formula is C51H73N11O6S. The molecular weight excluding hydrogens is 895 g/mol. The van der Waals surface area contributed by atoms with E-state index in [1.54, 1.807) is 19.1 Å². The van der Waals surface area contributed by atoms with Gasteiger partial charge in [-0.15, -0.1) is 11.3 Å². The zero-order valence-electron chi connectivity index (χ0n) is 42.5. The van der Waals surface area contributed by atoms with E-state index in [0.717, 1.165) is 76.5 Å². The third-order valence-corrected chi connectivity index (χ3v) is 15.4. The average molecular weight is 968 g/mol. The van der Waals surface area contributed by atoms with Crippen LogP contribution >= 0.6 is 11.3 Å². The molecule has 3 aromatic heterocycles. The van der Waals surface area contributed by atoms with Crippen LogP contribution in [0.2, 0.25) is 0 Å². The molecule has 2 N–H and O–H groups in total. The van der Waals surface area contributed by atoms with Crippen molar-refractivity contribution in [2.45, 2.75) is 104 Å². The van der Waals surface area contributed by atoms with Crippen LogP contribution in [-0.2, 0) is 43.2 Å². The Morgan fingerprint density at radius 1 is 1.06 bits per heavy atom. The highest BCUT2D eigenvalue weighted by Crippen LogP contribution is 2.43. The SMILES string of the molecule is CCn1c(-c2cc(N3CCN(C)CC3)cnc2[C@H](C)OC)c2c3cc(ccc31)-c1csc(n1)C[C@H](NC(=O)[C@H](C(C)C)N(C)C(=O)N1CC(N(C)C)C1)C(=O)N1CCC[C@H](N1)C(=O)OCC(C)(C)C2. The number of hydrogen-bond acceptors (Lipinski definition) is 13. The van der Waals surface area contributed by atoms with Gasteiger partial charge in [-0.25, -0.2) is 15.2 Å². The first-order valence-electron chi connectivity index (χ1n) is 24.7. The number of nitrogens with zero attached hydrogens (tertiary/aromatic N) is 9. The van der Waals surface area contributed by atoms with E-state index >= 15 is 0 Å². The second kappa shape index (κ2) is 20.7. The summed E-state index contributed by atoms with van der Waals surface area (Å²) in [5.41, 5.74) is 10.5. The van der Waals surface area contributed by atoms with Crippen LogP contribution in [0.4, 0.5) is 10.5 Å². The number of fused-ring (bicyclic) bond motifs is 6. The zero-order chi connectivity index (χ0) is 49.5. The topological polar surface area (TPSA) is 161 Å². The van der Waals surface area contributed by atoms with Gasteiger partial charge in [0.2, 0.25) is 5.91 Å². The number of hydrogen-bond donors (Lipinski definition) is 2. The third-order valence-electron chi connectivity index (χ3n) is 14.6. The van der Waals surface area contributed by atoms with Crippen molar-refractivity contribution in [2.24, 2.45) is 11.3 Å². The summed E-state index contributed by atoms with van der Waals surface area (Å²) in [6, 6.07) is 6.15. The van der Waals surface area contributed by atoms with Crippen LogP contribution in [0.3, 0.4) is 0 Å². The molecule has 0 radical (unpaired) electrons. The van der Waals surface area contributed by atoms with Gasteiger partial charge in [0.1, 0.15) is 18.1 Å². The van der Waals surface area contributed by atoms with Crippen molar-refractivity contribution >= 4 is 51.7 Å². The number of benzene rings is 1. The molecule has 3 saturated heterocycles. The fourth-order valence-electron chi connectivity index (χ4n) is 10.3. The van der Waals surface area contributed by atoms with E-state index in [1.807, 2.05) is 46.4 Å². The molecule has 1 aromatic carbocycles. The predicted octanol–water partition coefficient (Wildman–Crippen LogP) is 5.28. The molecule has 0 spiro atoms. The normalized spacial score (nSPS) is 21.6. The number of aromatic nitrogens is 3. The molecule has 7 heterocycles. The molecule has 17 nitrogen and oxygen atoms in total. The second-order valence-electron chi connectivity index (χ2n) is 20.9. The number of carbonyl (C=O) groups is 4. The Balaban J connectivity index is 1.19. The molecule has 4 aliphatic heterocycles. The van der Waals surface area contributed by atoms with Crippen molar-refractivity contribution in [2.75, 3.05) is 92.6 Å². The molecule has 0 unspecified atom stereocenters. The number of aryl methyl sites for hydroxylation is 1. The summed E-state index contributed by atoms with van der Waals surface area (Å²) >= 11 is 1.44. The number of ether oxygens (including phenoxy) is 2. The van der Waals surface area contributed by atoms with Crippen molar-refractivity contribution in [3.8, 4) is 22.5 Å². The number of cyclic esters (lactones) is 1. The number of likely N-dealkylation sites (tertiary alicyclic amines) is 1. The molecule has 6 bridgehead atoms. The van der Waals surface area contributed by atoms with Crippen molar-refractivity contribution in [3.05, 3.63) is 52.1 Å². The Morgan fingerprint density at radius 2 is 1.80 bits per heavy atom. The number of urea groups is 1. The van der Waals surface area contributed by atoms with Crippen LogP contribution in [0.1, 0.15) is 76.8 Å². The molecule has 374 valence electrons. The number of piperazine rings is 1. The number of likely N-dealkylation sites (N-methyl/N-ethyl adjacent to an activating group) is 3. The van der Waals surface area contributed by atoms with Crippen LogP contribution < -0.4 is 15.6 Å². The summed E-state index contributed by atoms with van der Waals surface area (Å²) < 4.78 is 14.6. The maximum absolute atomic E-state index is 14.7. The van der Waals surface area contributed by atoms with Crippen molar-refractivity contribution in [1.82, 2.24) is 49.9 Å².